The SMILES string of the molecule is COCC(F)(F)c1ccc(C(=O)Nc2csc(C34COC(C)CC3CSC(N)=N4)n2)nc1. The first-order chi connectivity index (χ1) is 15.2. The van der Waals surface area contributed by atoms with E-state index in [9.17, 15) is 13.6 Å². The number of nitrogens with two attached hydrogens (primary N) is 1. The van der Waals surface area contributed by atoms with E-state index in [0.29, 0.717) is 17.6 Å². The first kappa shape index (κ1) is 23.0. The summed E-state index contributed by atoms with van der Waals surface area (Å²) in [6.07, 6.45) is 1.95. The number of nitrogens with zero attached hydrogens (tertiary/aromatic N) is 3. The molecule has 32 heavy (non-hydrogen) atoms. The number of aromatic nitrogens is 2. The molecule has 0 radical (unpaired) electrons. The highest BCUT2D eigenvalue weighted by Crippen LogP contribution is 2.47. The number of anilines is 1. The van der Waals surface area contributed by atoms with Crippen LogP contribution in [0.3, 0.4) is 0 Å². The summed E-state index contributed by atoms with van der Waals surface area (Å²) in [5.41, 5.74) is 5.03. The van der Waals surface area contributed by atoms with Gasteiger partial charge in [0.15, 0.2) is 5.17 Å². The number of carbonyl (C=O) groups is 1. The molecule has 12 heteroatoms. The fourth-order valence-corrected chi connectivity index (χ4v) is 5.77. The lowest BCUT2D eigenvalue weighted by Crippen LogP contribution is -2.49. The van der Waals surface area contributed by atoms with E-state index in [1.54, 1.807) is 5.38 Å². The number of amidine groups is 1. The van der Waals surface area contributed by atoms with Crippen molar-refractivity contribution < 1.29 is 23.0 Å². The zero-order chi connectivity index (χ0) is 22.9. The summed E-state index contributed by atoms with van der Waals surface area (Å²) in [5, 5.41) is 5.60. The van der Waals surface area contributed by atoms with Crippen LogP contribution in [0, 0.1) is 5.92 Å². The van der Waals surface area contributed by atoms with E-state index in [1.807, 2.05) is 6.92 Å². The third-order valence-electron chi connectivity index (χ3n) is 5.48. The Labute approximate surface area is 192 Å². The number of amides is 1. The Hall–Kier alpha value is -2.15. The molecule has 8 nitrogen and oxygen atoms in total. The minimum absolute atomic E-state index is 0.00119. The van der Waals surface area contributed by atoms with Crippen molar-refractivity contribution in [2.45, 2.75) is 30.9 Å². The van der Waals surface area contributed by atoms with Gasteiger partial charge in [0.1, 0.15) is 28.7 Å². The molecule has 2 aliphatic heterocycles. The molecular weight excluding hydrogens is 460 g/mol. The van der Waals surface area contributed by atoms with E-state index in [-0.39, 0.29) is 23.3 Å². The minimum atomic E-state index is -3.18. The van der Waals surface area contributed by atoms with Crippen LogP contribution in [0.25, 0.3) is 0 Å². The second-order valence-electron chi connectivity index (χ2n) is 7.80. The summed E-state index contributed by atoms with van der Waals surface area (Å²) in [7, 11) is 1.19. The predicted octanol–water partition coefficient (Wildman–Crippen LogP) is 3.21. The zero-order valence-electron chi connectivity index (χ0n) is 17.5. The minimum Gasteiger partial charge on any atom is -0.379 e. The van der Waals surface area contributed by atoms with Gasteiger partial charge in [0.25, 0.3) is 11.8 Å². The number of carbonyl (C=O) groups excluding carboxylic acids is 1. The van der Waals surface area contributed by atoms with E-state index in [2.05, 4.69) is 20.0 Å². The molecule has 0 bridgehead atoms. The van der Waals surface area contributed by atoms with Crippen LogP contribution in [0.1, 0.15) is 34.4 Å². The average Bonchev–Trinajstić information content (AvgIpc) is 3.23. The van der Waals surface area contributed by atoms with Gasteiger partial charge in [-0.3, -0.25) is 9.78 Å². The van der Waals surface area contributed by atoms with Gasteiger partial charge in [-0.1, -0.05) is 11.8 Å². The second-order valence-corrected chi connectivity index (χ2v) is 9.70. The average molecular weight is 484 g/mol. The van der Waals surface area contributed by atoms with Gasteiger partial charge in [0.05, 0.1) is 12.7 Å². The number of fused-ring (bicyclic) bond motifs is 1. The number of pyridine rings is 1. The molecule has 2 aromatic heterocycles. The van der Waals surface area contributed by atoms with Crippen LogP contribution in [-0.2, 0) is 20.9 Å². The Kier molecular flexibility index (Phi) is 6.48. The lowest BCUT2D eigenvalue weighted by atomic mass is 9.80. The van der Waals surface area contributed by atoms with Crippen molar-refractivity contribution in [2.24, 2.45) is 16.6 Å². The summed E-state index contributed by atoms with van der Waals surface area (Å²) in [6.45, 7) is 1.64. The number of thiazole rings is 1. The van der Waals surface area contributed by atoms with Gasteiger partial charge in [0, 0.05) is 35.9 Å². The van der Waals surface area contributed by atoms with Crippen molar-refractivity contribution in [3.63, 3.8) is 0 Å². The number of hydrogen-bond donors (Lipinski definition) is 2. The van der Waals surface area contributed by atoms with Crippen molar-refractivity contribution in [3.8, 4) is 0 Å². The van der Waals surface area contributed by atoms with Crippen LogP contribution in [0.5, 0.6) is 0 Å². The molecule has 2 aromatic rings. The van der Waals surface area contributed by atoms with Gasteiger partial charge in [0.2, 0.25) is 0 Å². The molecule has 1 saturated heterocycles. The largest absolute Gasteiger partial charge is 0.379 e. The molecule has 0 aliphatic carbocycles. The van der Waals surface area contributed by atoms with Crippen molar-refractivity contribution in [3.05, 3.63) is 40.0 Å². The Morgan fingerprint density at radius 2 is 2.28 bits per heavy atom. The molecule has 3 unspecified atom stereocenters. The topological polar surface area (TPSA) is 112 Å². The number of nitrogens with one attached hydrogen (secondary N) is 1. The summed E-state index contributed by atoms with van der Waals surface area (Å²) < 4.78 is 38.2. The molecule has 4 rings (SSSR count). The van der Waals surface area contributed by atoms with Crippen LogP contribution in [0.4, 0.5) is 14.6 Å². The van der Waals surface area contributed by atoms with Crippen molar-refractivity contribution in [1.29, 1.82) is 0 Å². The van der Waals surface area contributed by atoms with E-state index in [4.69, 9.17) is 15.5 Å². The van der Waals surface area contributed by atoms with Gasteiger partial charge in [-0.25, -0.2) is 9.98 Å². The lowest BCUT2D eigenvalue weighted by molar-refractivity contribution is -0.0700. The molecule has 0 aromatic carbocycles. The van der Waals surface area contributed by atoms with E-state index >= 15 is 0 Å². The predicted molar refractivity (Wildman–Crippen MR) is 119 cm³/mol. The Morgan fingerprint density at radius 3 is 3.00 bits per heavy atom. The number of rotatable bonds is 6. The summed E-state index contributed by atoms with van der Waals surface area (Å²) in [4.78, 5) is 25.7. The number of ether oxygens (including phenoxy) is 2. The number of hydrogen-bond acceptors (Lipinski definition) is 9. The normalized spacial score (nSPS) is 25.7. The molecule has 4 heterocycles. The quantitative estimate of drug-likeness (QED) is 0.649. The molecule has 0 spiro atoms. The van der Waals surface area contributed by atoms with Gasteiger partial charge in [-0.05, 0) is 25.5 Å². The van der Waals surface area contributed by atoms with Crippen LogP contribution in [0.15, 0.2) is 28.7 Å². The van der Waals surface area contributed by atoms with E-state index < -0.39 is 24.0 Å². The third kappa shape index (κ3) is 4.49. The maximum absolute atomic E-state index is 13.9. The first-order valence-corrected chi connectivity index (χ1v) is 11.8. The summed E-state index contributed by atoms with van der Waals surface area (Å²) in [6, 6.07) is 2.41. The number of alkyl halides is 2. The van der Waals surface area contributed by atoms with Crippen LogP contribution in [0.2, 0.25) is 0 Å². The highest BCUT2D eigenvalue weighted by molar-refractivity contribution is 8.13. The molecule has 1 amide bonds. The Bertz CT molecular complexity index is 1020. The fraction of sp³-hybridized carbons (Fsp3) is 0.500. The molecular formula is C20H23F2N5O3S2. The molecule has 3 N–H and O–H groups in total. The standard InChI is InChI=1S/C20H23F2N5O3S2/c1-11-5-13-7-32-18(23)27-19(13,9-30-11)17-26-15(8-31-17)25-16(28)14-4-3-12(6-24-14)20(21,22)10-29-2/h3-4,6,8,11,13H,5,7,9-10H2,1-2H3,(H2,23,27)(H,25,28). The Morgan fingerprint density at radius 1 is 1.47 bits per heavy atom. The van der Waals surface area contributed by atoms with Gasteiger partial charge in [-0.15, -0.1) is 11.3 Å². The lowest BCUT2D eigenvalue weighted by Gasteiger charge is -2.44. The third-order valence-corrected chi connectivity index (χ3v) is 7.45. The monoisotopic (exact) mass is 483 g/mol. The van der Waals surface area contributed by atoms with Crippen LogP contribution in [-0.4, -0.2) is 53.2 Å². The maximum atomic E-state index is 13.9. The summed E-state index contributed by atoms with van der Waals surface area (Å²) >= 11 is 2.90. The maximum Gasteiger partial charge on any atom is 0.297 e. The van der Waals surface area contributed by atoms with Crippen molar-refractivity contribution >= 4 is 40.0 Å². The van der Waals surface area contributed by atoms with Crippen molar-refractivity contribution in [1.82, 2.24) is 9.97 Å². The molecule has 2 aliphatic rings. The molecule has 172 valence electrons. The van der Waals surface area contributed by atoms with E-state index in [0.717, 1.165) is 29.4 Å². The Balaban J connectivity index is 1.51. The van der Waals surface area contributed by atoms with Gasteiger partial charge in [-0.2, -0.15) is 8.78 Å². The highest BCUT2D eigenvalue weighted by Gasteiger charge is 2.49. The molecule has 0 saturated carbocycles. The molecule has 3 atom stereocenters. The number of halogens is 2. The van der Waals surface area contributed by atoms with Gasteiger partial charge < -0.3 is 20.5 Å². The van der Waals surface area contributed by atoms with Crippen LogP contribution < -0.4 is 11.1 Å². The number of thioether (sulfide) groups is 1. The first-order valence-electron chi connectivity index (χ1n) is 9.94. The molecule has 1 fully saturated rings. The summed E-state index contributed by atoms with van der Waals surface area (Å²) in [5.74, 6) is -2.34. The zero-order valence-corrected chi connectivity index (χ0v) is 19.1. The highest BCUT2D eigenvalue weighted by atomic mass is 32.2. The van der Waals surface area contributed by atoms with Crippen molar-refractivity contribution in [2.75, 3.05) is 31.4 Å². The van der Waals surface area contributed by atoms with Gasteiger partial charge >= 0.3 is 0 Å². The second kappa shape index (κ2) is 9.00. The van der Waals surface area contributed by atoms with Crippen LogP contribution >= 0.6 is 23.1 Å². The number of methoxy groups -OCH3 is 1. The van der Waals surface area contributed by atoms with E-state index in [1.165, 1.54) is 36.3 Å². The number of aliphatic imine (C=N–C) groups is 1. The smallest absolute Gasteiger partial charge is 0.297 e. The fourth-order valence-electron chi connectivity index (χ4n) is 3.80.